The molecule has 0 atom stereocenters. The molecule has 0 bridgehead atoms. The molecule has 0 saturated carbocycles. The van der Waals surface area contributed by atoms with Gasteiger partial charge in [0.05, 0.1) is 10.7 Å². The number of aromatic nitrogens is 3. The zero-order valence-corrected chi connectivity index (χ0v) is 11.9. The summed E-state index contributed by atoms with van der Waals surface area (Å²) in [7, 11) is 0. The van der Waals surface area contributed by atoms with Crippen LogP contribution in [0.5, 0.6) is 0 Å². The minimum Gasteiger partial charge on any atom is -0.290 e. The van der Waals surface area contributed by atoms with Crippen molar-refractivity contribution in [1.29, 1.82) is 0 Å². The van der Waals surface area contributed by atoms with Gasteiger partial charge in [-0.2, -0.15) is 5.10 Å². The van der Waals surface area contributed by atoms with Crippen LogP contribution in [0.15, 0.2) is 54.6 Å². The largest absolute Gasteiger partial charge is 0.290 e. The first kappa shape index (κ1) is 12.9. The first-order valence-corrected chi connectivity index (χ1v) is 6.79. The highest BCUT2D eigenvalue weighted by Gasteiger charge is 2.11. The van der Waals surface area contributed by atoms with E-state index in [1.54, 1.807) is 4.68 Å². The van der Waals surface area contributed by atoms with Crippen molar-refractivity contribution in [2.24, 2.45) is 0 Å². The molecular weight excluding hydrogens is 292 g/mol. The van der Waals surface area contributed by atoms with E-state index in [-0.39, 0.29) is 0 Å². The second-order valence-corrected chi connectivity index (χ2v) is 4.94. The van der Waals surface area contributed by atoms with Gasteiger partial charge in [0.15, 0.2) is 5.82 Å². The molecule has 0 saturated heterocycles. The van der Waals surface area contributed by atoms with Crippen molar-refractivity contribution < 1.29 is 0 Å². The maximum Gasteiger partial charge on any atom is 0.214 e. The van der Waals surface area contributed by atoms with Crippen molar-refractivity contribution in [2.45, 2.75) is 0 Å². The third-order valence-electron chi connectivity index (χ3n) is 2.80. The van der Waals surface area contributed by atoms with Crippen molar-refractivity contribution in [1.82, 2.24) is 14.9 Å². The summed E-state index contributed by atoms with van der Waals surface area (Å²) >= 11 is 11.5. The van der Waals surface area contributed by atoms with E-state index in [4.69, 9.17) is 23.8 Å². The molecule has 0 aliphatic carbocycles. The van der Waals surface area contributed by atoms with Gasteiger partial charge in [-0.3, -0.25) is 5.43 Å². The molecule has 0 radical (unpaired) electrons. The number of rotatable bonds is 3. The zero-order valence-electron chi connectivity index (χ0n) is 10.4. The number of hydrogen-bond donors (Lipinski definition) is 2. The number of nitrogens with zero attached hydrogens (tertiary/aromatic N) is 2. The molecule has 3 aromatic rings. The fourth-order valence-corrected chi connectivity index (χ4v) is 2.26. The van der Waals surface area contributed by atoms with Crippen LogP contribution in [0.4, 0.5) is 5.69 Å². The minimum atomic E-state index is 0.476. The van der Waals surface area contributed by atoms with Gasteiger partial charge in [0.2, 0.25) is 4.77 Å². The van der Waals surface area contributed by atoms with Gasteiger partial charge in [-0.25, -0.2) is 9.77 Å². The standard InChI is InChI=1S/C14H11ClN4S/c15-12-9-5-4-8-11(12)13-16-17-14(20)19(13)18-10-6-2-1-3-7-10/h1-9,18H,(H,17,20). The van der Waals surface area contributed by atoms with Gasteiger partial charge < -0.3 is 0 Å². The summed E-state index contributed by atoms with van der Waals surface area (Å²) in [5, 5.41) is 7.64. The van der Waals surface area contributed by atoms with E-state index >= 15 is 0 Å². The summed E-state index contributed by atoms with van der Waals surface area (Å²) in [5.41, 5.74) is 4.93. The third kappa shape index (κ3) is 2.45. The quantitative estimate of drug-likeness (QED) is 0.715. The van der Waals surface area contributed by atoms with Crippen LogP contribution in [0.2, 0.25) is 5.02 Å². The molecule has 6 heteroatoms. The SMILES string of the molecule is S=c1[nH]nc(-c2ccccc2Cl)n1Nc1ccccc1. The summed E-state index contributed by atoms with van der Waals surface area (Å²) in [5.74, 6) is 0.643. The Kier molecular flexibility index (Phi) is 3.54. The Hall–Kier alpha value is -2.11. The number of benzene rings is 2. The van der Waals surface area contributed by atoms with Crippen LogP contribution in [0.1, 0.15) is 0 Å². The van der Waals surface area contributed by atoms with Gasteiger partial charge in [0.1, 0.15) is 0 Å². The Labute approximate surface area is 126 Å². The van der Waals surface area contributed by atoms with Gasteiger partial charge in [-0.05, 0) is 36.5 Å². The normalized spacial score (nSPS) is 10.4. The summed E-state index contributed by atoms with van der Waals surface area (Å²) in [4.78, 5) is 0. The highest BCUT2D eigenvalue weighted by molar-refractivity contribution is 7.71. The van der Waals surface area contributed by atoms with Crippen molar-refractivity contribution in [2.75, 3.05) is 5.43 Å². The fourth-order valence-electron chi connectivity index (χ4n) is 1.87. The summed E-state index contributed by atoms with van der Waals surface area (Å²) in [6.07, 6.45) is 0. The molecule has 2 N–H and O–H groups in total. The van der Waals surface area contributed by atoms with Crippen LogP contribution in [0.25, 0.3) is 11.4 Å². The Balaban J connectivity index is 2.07. The summed E-state index contributed by atoms with van der Waals surface area (Å²) < 4.78 is 2.18. The molecule has 4 nitrogen and oxygen atoms in total. The average molecular weight is 303 g/mol. The lowest BCUT2D eigenvalue weighted by atomic mass is 10.2. The first-order chi connectivity index (χ1) is 9.75. The third-order valence-corrected chi connectivity index (χ3v) is 3.41. The second kappa shape index (κ2) is 5.48. The lowest BCUT2D eigenvalue weighted by molar-refractivity contribution is 0.942. The Morgan fingerprint density at radius 3 is 2.50 bits per heavy atom. The maximum absolute atomic E-state index is 6.21. The highest BCUT2D eigenvalue weighted by atomic mass is 35.5. The molecule has 2 aromatic carbocycles. The van der Waals surface area contributed by atoms with Crippen molar-refractivity contribution in [3.05, 3.63) is 64.4 Å². The molecule has 0 amide bonds. The average Bonchev–Trinajstić information content (AvgIpc) is 2.82. The number of H-pyrrole nitrogens is 1. The molecule has 1 heterocycles. The van der Waals surface area contributed by atoms with E-state index in [9.17, 15) is 0 Å². The van der Waals surface area contributed by atoms with Crippen LogP contribution < -0.4 is 5.43 Å². The number of para-hydroxylation sites is 1. The monoisotopic (exact) mass is 302 g/mol. The number of anilines is 1. The highest BCUT2D eigenvalue weighted by Crippen LogP contribution is 2.26. The van der Waals surface area contributed by atoms with Crippen LogP contribution in [-0.2, 0) is 0 Å². The number of halogens is 1. The summed E-state index contributed by atoms with van der Waals surface area (Å²) in [6, 6.07) is 17.2. The van der Waals surface area contributed by atoms with Crippen molar-refractivity contribution >= 4 is 29.5 Å². The lowest BCUT2D eigenvalue weighted by Gasteiger charge is -2.10. The number of aromatic amines is 1. The Morgan fingerprint density at radius 2 is 1.75 bits per heavy atom. The molecule has 0 aliphatic heterocycles. The van der Waals surface area contributed by atoms with E-state index in [1.807, 2.05) is 54.6 Å². The Morgan fingerprint density at radius 1 is 1.05 bits per heavy atom. The van der Waals surface area contributed by atoms with Gasteiger partial charge in [-0.1, -0.05) is 41.9 Å². The molecule has 0 spiro atoms. The first-order valence-electron chi connectivity index (χ1n) is 6.00. The second-order valence-electron chi connectivity index (χ2n) is 4.15. The van der Waals surface area contributed by atoms with Crippen molar-refractivity contribution in [3.63, 3.8) is 0 Å². The van der Waals surface area contributed by atoms with Gasteiger partial charge in [0, 0.05) is 5.56 Å². The van der Waals surface area contributed by atoms with Crippen LogP contribution in [0, 0.1) is 4.77 Å². The topological polar surface area (TPSA) is 45.6 Å². The van der Waals surface area contributed by atoms with E-state index in [2.05, 4.69) is 15.6 Å². The minimum absolute atomic E-state index is 0.476. The fraction of sp³-hybridized carbons (Fsp3) is 0. The van der Waals surface area contributed by atoms with E-state index in [0.717, 1.165) is 11.3 Å². The molecule has 100 valence electrons. The van der Waals surface area contributed by atoms with Crippen molar-refractivity contribution in [3.8, 4) is 11.4 Å². The molecule has 0 aliphatic rings. The molecule has 20 heavy (non-hydrogen) atoms. The molecule has 0 fully saturated rings. The van der Waals surface area contributed by atoms with Crippen LogP contribution in [0.3, 0.4) is 0 Å². The Bertz CT molecular complexity index is 779. The van der Waals surface area contributed by atoms with Gasteiger partial charge >= 0.3 is 0 Å². The summed E-state index contributed by atoms with van der Waals surface area (Å²) in [6.45, 7) is 0. The predicted molar refractivity (Wildman–Crippen MR) is 83.3 cm³/mol. The smallest absolute Gasteiger partial charge is 0.214 e. The van der Waals surface area contributed by atoms with E-state index < -0.39 is 0 Å². The molecule has 0 unspecified atom stereocenters. The zero-order chi connectivity index (χ0) is 13.9. The lowest BCUT2D eigenvalue weighted by Crippen LogP contribution is -2.11. The van der Waals surface area contributed by atoms with Gasteiger partial charge in [0.25, 0.3) is 0 Å². The van der Waals surface area contributed by atoms with E-state index in [0.29, 0.717) is 15.6 Å². The number of nitrogens with one attached hydrogen (secondary N) is 2. The van der Waals surface area contributed by atoms with Crippen LogP contribution in [-0.4, -0.2) is 14.9 Å². The molecular formula is C14H11ClN4S. The number of hydrogen-bond acceptors (Lipinski definition) is 3. The van der Waals surface area contributed by atoms with Crippen LogP contribution >= 0.6 is 23.8 Å². The van der Waals surface area contributed by atoms with Gasteiger partial charge in [-0.15, -0.1) is 0 Å². The maximum atomic E-state index is 6.21. The molecule has 1 aromatic heterocycles. The predicted octanol–water partition coefficient (Wildman–Crippen LogP) is 4.14. The molecule has 3 rings (SSSR count). The van der Waals surface area contributed by atoms with E-state index in [1.165, 1.54) is 0 Å².